The molecule has 0 N–H and O–H groups in total. The molecule has 1 heterocycles. The van der Waals surface area contributed by atoms with E-state index in [2.05, 4.69) is 59.7 Å². The summed E-state index contributed by atoms with van der Waals surface area (Å²) in [6, 6.07) is 6.40. The first-order chi connectivity index (χ1) is 14.3. The third kappa shape index (κ3) is 6.98. The third-order valence-electron chi connectivity index (χ3n) is 6.20. The van der Waals surface area contributed by atoms with Crippen LogP contribution in [0.25, 0.3) is 0 Å². The van der Waals surface area contributed by atoms with Crippen molar-refractivity contribution in [1.29, 1.82) is 0 Å². The molecule has 1 aromatic carbocycles. The standard InChI is InChI=1S/C25H42BNO4/c1-10-11-12-16-27(22(28)29-23(3,4)5)17-15-20-13-14-21(19(2)18-20)26-30-24(6,7)25(8,9)31-26/h13-14,18H,10-12,15-17H2,1-9H3. The van der Waals surface area contributed by atoms with Gasteiger partial charge in [-0.1, -0.05) is 43.5 Å². The predicted molar refractivity (Wildman–Crippen MR) is 128 cm³/mol. The highest BCUT2D eigenvalue weighted by Crippen LogP contribution is 2.36. The molecule has 0 unspecified atom stereocenters. The smallest absolute Gasteiger partial charge is 0.444 e. The zero-order chi connectivity index (χ0) is 23.4. The summed E-state index contributed by atoms with van der Waals surface area (Å²) < 4.78 is 18.0. The van der Waals surface area contributed by atoms with E-state index in [4.69, 9.17) is 14.0 Å². The van der Waals surface area contributed by atoms with Gasteiger partial charge in [-0.25, -0.2) is 4.79 Å². The van der Waals surface area contributed by atoms with Crippen LogP contribution >= 0.6 is 0 Å². The second kappa shape index (κ2) is 9.95. The zero-order valence-electron chi connectivity index (χ0n) is 21.1. The van der Waals surface area contributed by atoms with E-state index in [1.165, 1.54) is 5.56 Å². The van der Waals surface area contributed by atoms with E-state index in [1.807, 2.05) is 25.7 Å². The van der Waals surface area contributed by atoms with Crippen molar-refractivity contribution in [3.8, 4) is 0 Å². The number of hydrogen-bond acceptors (Lipinski definition) is 4. The molecule has 1 amide bonds. The first-order valence-corrected chi connectivity index (χ1v) is 11.7. The van der Waals surface area contributed by atoms with Gasteiger partial charge in [0, 0.05) is 13.1 Å². The molecule has 0 radical (unpaired) electrons. The molecule has 174 valence electrons. The summed E-state index contributed by atoms with van der Waals surface area (Å²) in [5.41, 5.74) is 2.22. The molecule has 0 saturated carbocycles. The Morgan fingerprint density at radius 3 is 2.19 bits per heavy atom. The molecule has 0 aliphatic carbocycles. The molecule has 0 bridgehead atoms. The van der Waals surface area contributed by atoms with Crippen molar-refractivity contribution in [3.05, 3.63) is 29.3 Å². The van der Waals surface area contributed by atoms with Crippen LogP contribution in [0.4, 0.5) is 4.79 Å². The number of aryl methyl sites for hydroxylation is 1. The molecular formula is C25H42BNO4. The Labute approximate surface area is 190 Å². The number of hydrogen-bond donors (Lipinski definition) is 0. The van der Waals surface area contributed by atoms with Gasteiger partial charge in [0.2, 0.25) is 0 Å². The number of carbonyl (C=O) groups excluding carboxylic acids is 1. The van der Waals surface area contributed by atoms with Crippen LogP contribution < -0.4 is 5.46 Å². The van der Waals surface area contributed by atoms with Crippen molar-refractivity contribution in [2.45, 2.75) is 105 Å². The number of nitrogens with zero attached hydrogens (tertiary/aromatic N) is 1. The fourth-order valence-electron chi connectivity index (χ4n) is 3.57. The Kier molecular flexibility index (Phi) is 8.26. The van der Waals surface area contributed by atoms with E-state index >= 15 is 0 Å². The van der Waals surface area contributed by atoms with Gasteiger partial charge >= 0.3 is 13.2 Å². The van der Waals surface area contributed by atoms with Gasteiger partial charge in [-0.2, -0.15) is 0 Å². The maximum absolute atomic E-state index is 12.7. The highest BCUT2D eigenvalue weighted by molar-refractivity contribution is 6.62. The Morgan fingerprint density at radius 1 is 1.06 bits per heavy atom. The lowest BCUT2D eigenvalue weighted by atomic mass is 9.75. The van der Waals surface area contributed by atoms with E-state index < -0.39 is 5.60 Å². The topological polar surface area (TPSA) is 48.0 Å². The highest BCUT2D eigenvalue weighted by Gasteiger charge is 2.52. The summed E-state index contributed by atoms with van der Waals surface area (Å²) in [5, 5.41) is 0. The number of rotatable bonds is 8. The minimum Gasteiger partial charge on any atom is -0.444 e. The van der Waals surface area contributed by atoms with E-state index in [9.17, 15) is 4.79 Å². The predicted octanol–water partition coefficient (Wildman–Crippen LogP) is 5.26. The first-order valence-electron chi connectivity index (χ1n) is 11.7. The Balaban J connectivity index is 2.05. The van der Waals surface area contributed by atoms with Crippen molar-refractivity contribution < 1.29 is 18.8 Å². The average molecular weight is 431 g/mol. The van der Waals surface area contributed by atoms with Crippen LogP contribution in [-0.4, -0.2) is 48.0 Å². The molecule has 1 aliphatic rings. The summed E-state index contributed by atoms with van der Waals surface area (Å²) in [4.78, 5) is 14.5. The fraction of sp³-hybridized carbons (Fsp3) is 0.720. The first kappa shape index (κ1) is 25.7. The van der Waals surface area contributed by atoms with Crippen molar-refractivity contribution >= 4 is 18.7 Å². The van der Waals surface area contributed by atoms with Crippen LogP contribution in [0.2, 0.25) is 0 Å². The molecule has 1 aromatic rings. The number of amides is 1. The van der Waals surface area contributed by atoms with Gasteiger partial charge < -0.3 is 18.9 Å². The maximum atomic E-state index is 12.7. The summed E-state index contributed by atoms with van der Waals surface area (Å²) in [6.07, 6.45) is 3.79. The number of ether oxygens (including phenoxy) is 1. The lowest BCUT2D eigenvalue weighted by Gasteiger charge is -2.32. The van der Waals surface area contributed by atoms with Gasteiger partial charge in [0.15, 0.2) is 0 Å². The Hall–Kier alpha value is -1.53. The second-order valence-electron chi connectivity index (χ2n) is 10.7. The summed E-state index contributed by atoms with van der Waals surface area (Å²) in [7, 11) is -0.355. The highest BCUT2D eigenvalue weighted by atomic mass is 16.7. The third-order valence-corrected chi connectivity index (χ3v) is 6.20. The SMILES string of the molecule is CCCCCN(CCc1ccc(B2OC(C)(C)C(C)(C)O2)c(C)c1)C(=O)OC(C)(C)C. The van der Waals surface area contributed by atoms with E-state index in [0.717, 1.165) is 43.3 Å². The van der Waals surface area contributed by atoms with Crippen LogP contribution in [-0.2, 0) is 20.5 Å². The van der Waals surface area contributed by atoms with Crippen molar-refractivity contribution in [2.75, 3.05) is 13.1 Å². The maximum Gasteiger partial charge on any atom is 0.495 e. The number of unbranched alkanes of at least 4 members (excludes halogenated alkanes) is 2. The van der Waals surface area contributed by atoms with Crippen LogP contribution in [0, 0.1) is 6.92 Å². The molecular weight excluding hydrogens is 389 g/mol. The molecule has 0 spiro atoms. The largest absolute Gasteiger partial charge is 0.495 e. The minimum absolute atomic E-state index is 0.228. The summed E-state index contributed by atoms with van der Waals surface area (Å²) in [6.45, 7) is 19.6. The van der Waals surface area contributed by atoms with E-state index in [1.54, 1.807) is 0 Å². The minimum atomic E-state index is -0.485. The quantitative estimate of drug-likeness (QED) is 0.416. The molecule has 1 aliphatic heterocycles. The van der Waals surface area contributed by atoms with Gasteiger partial charge in [0.25, 0.3) is 0 Å². The number of benzene rings is 1. The molecule has 31 heavy (non-hydrogen) atoms. The van der Waals surface area contributed by atoms with Gasteiger partial charge in [-0.3, -0.25) is 0 Å². The molecule has 1 fully saturated rings. The Morgan fingerprint density at radius 2 is 1.68 bits per heavy atom. The van der Waals surface area contributed by atoms with Crippen molar-refractivity contribution in [2.24, 2.45) is 0 Å². The van der Waals surface area contributed by atoms with Crippen molar-refractivity contribution in [1.82, 2.24) is 4.90 Å². The van der Waals surface area contributed by atoms with Gasteiger partial charge in [0.05, 0.1) is 11.2 Å². The number of carbonyl (C=O) groups is 1. The van der Waals surface area contributed by atoms with Crippen LogP contribution in [0.15, 0.2) is 18.2 Å². The van der Waals surface area contributed by atoms with E-state index in [0.29, 0.717) is 6.54 Å². The molecule has 0 atom stereocenters. The molecule has 1 saturated heterocycles. The normalized spacial score (nSPS) is 17.6. The van der Waals surface area contributed by atoms with E-state index in [-0.39, 0.29) is 24.4 Å². The van der Waals surface area contributed by atoms with Crippen molar-refractivity contribution in [3.63, 3.8) is 0 Å². The summed E-state index contributed by atoms with van der Waals surface area (Å²) >= 11 is 0. The fourth-order valence-corrected chi connectivity index (χ4v) is 3.57. The van der Waals surface area contributed by atoms with Gasteiger partial charge in [-0.05, 0) is 79.3 Å². The lowest BCUT2D eigenvalue weighted by molar-refractivity contribution is 0.00578. The van der Waals surface area contributed by atoms with Crippen LogP contribution in [0.1, 0.15) is 85.8 Å². The molecule has 0 aromatic heterocycles. The Bertz CT molecular complexity index is 738. The van der Waals surface area contributed by atoms with Crippen LogP contribution in [0.3, 0.4) is 0 Å². The monoisotopic (exact) mass is 431 g/mol. The zero-order valence-corrected chi connectivity index (χ0v) is 21.1. The molecule has 5 nitrogen and oxygen atoms in total. The average Bonchev–Trinajstić information content (AvgIpc) is 2.83. The second-order valence-corrected chi connectivity index (χ2v) is 10.7. The van der Waals surface area contributed by atoms with Gasteiger partial charge in [0.1, 0.15) is 5.60 Å². The molecule has 2 rings (SSSR count). The van der Waals surface area contributed by atoms with Crippen LogP contribution in [0.5, 0.6) is 0 Å². The lowest BCUT2D eigenvalue weighted by Crippen LogP contribution is -2.41. The summed E-state index contributed by atoms with van der Waals surface area (Å²) in [5.74, 6) is 0. The molecule has 6 heteroatoms. The van der Waals surface area contributed by atoms with Gasteiger partial charge in [-0.15, -0.1) is 0 Å².